The Hall–Kier alpha value is -3.93. The molecule has 0 bridgehead atoms. The number of aliphatic hydroxyl groups is 3. The summed E-state index contributed by atoms with van der Waals surface area (Å²) in [6.07, 6.45) is -6.03. The van der Waals surface area contributed by atoms with Gasteiger partial charge in [0.1, 0.15) is 34.8 Å². The number of rotatable bonds is 17. The van der Waals surface area contributed by atoms with E-state index in [1.54, 1.807) is 47.6 Å². The van der Waals surface area contributed by atoms with Gasteiger partial charge in [-0.2, -0.15) is 0 Å². The number of carboxylic acids is 1. The van der Waals surface area contributed by atoms with Crippen LogP contribution < -0.4 is 10.7 Å². The number of benzene rings is 1. The van der Waals surface area contributed by atoms with Gasteiger partial charge in [0.2, 0.25) is 5.43 Å². The summed E-state index contributed by atoms with van der Waals surface area (Å²) in [5, 5.41) is 48.6. The topological polar surface area (TPSA) is 260 Å². The van der Waals surface area contributed by atoms with Crippen LogP contribution in [0.1, 0.15) is 129 Å². The molecule has 6 rings (SSSR count). The number of nitrogens with zero attached hydrogens (tertiary/aromatic N) is 2. The molecule has 18 atom stereocenters. The van der Waals surface area contributed by atoms with E-state index >= 15 is 0 Å². The fourth-order valence-corrected chi connectivity index (χ4v) is 12.3. The van der Waals surface area contributed by atoms with Gasteiger partial charge in [0.25, 0.3) is 0 Å². The molecule has 0 spiro atoms. The summed E-state index contributed by atoms with van der Waals surface area (Å²) < 4.78 is 53.2. The van der Waals surface area contributed by atoms with Crippen LogP contribution in [0.2, 0.25) is 0 Å². The summed E-state index contributed by atoms with van der Waals surface area (Å²) in [6, 6.07) is 3.53. The number of esters is 2. The molecule has 0 radical (unpaired) electrons. The fraction of sp³-hybridized carbons (Fsp3) is 0.768. The van der Waals surface area contributed by atoms with E-state index < -0.39 is 119 Å². The Morgan fingerprint density at radius 3 is 2.21 bits per heavy atom. The first-order valence-corrected chi connectivity index (χ1v) is 27.2. The second-order valence-electron chi connectivity index (χ2n) is 23.0. The van der Waals surface area contributed by atoms with Gasteiger partial charge in [-0.25, -0.2) is 4.79 Å². The molecule has 20 nitrogen and oxygen atoms in total. The average Bonchev–Trinajstić information content (AvgIpc) is 3.79. The van der Waals surface area contributed by atoms with Crippen molar-refractivity contribution in [1.29, 1.82) is 0 Å². The van der Waals surface area contributed by atoms with Crippen molar-refractivity contribution >= 4 is 34.6 Å². The number of likely N-dealkylation sites (N-methyl/N-ethyl adjacent to an activating group) is 1. The second-order valence-corrected chi connectivity index (χ2v) is 23.0. The number of methoxy groups -OCH3 is 2. The highest BCUT2D eigenvalue weighted by molar-refractivity contribution is 5.94. The van der Waals surface area contributed by atoms with Crippen molar-refractivity contribution in [2.24, 2.45) is 23.7 Å². The lowest BCUT2D eigenvalue weighted by Gasteiger charge is -2.50. The Morgan fingerprint density at radius 2 is 1.58 bits per heavy atom. The highest BCUT2D eigenvalue weighted by atomic mass is 16.7. The normalized spacial score (nSPS) is 37.7. The number of nitrogens with one attached hydrogen (secondary N) is 1. The molecule has 76 heavy (non-hydrogen) atoms. The van der Waals surface area contributed by atoms with Crippen LogP contribution in [0.15, 0.2) is 23.1 Å². The minimum absolute atomic E-state index is 0.0401. The van der Waals surface area contributed by atoms with Crippen LogP contribution in [0, 0.1) is 23.7 Å². The third-order valence-corrected chi connectivity index (χ3v) is 17.0. The Labute approximate surface area is 447 Å². The van der Waals surface area contributed by atoms with E-state index in [4.69, 9.17) is 37.9 Å². The molecule has 3 fully saturated rings. The van der Waals surface area contributed by atoms with Gasteiger partial charge in [-0.05, 0) is 118 Å². The van der Waals surface area contributed by atoms with E-state index in [1.807, 2.05) is 37.4 Å². The predicted molar refractivity (Wildman–Crippen MR) is 280 cm³/mol. The van der Waals surface area contributed by atoms with Crippen LogP contribution in [0.25, 0.3) is 10.9 Å². The van der Waals surface area contributed by atoms with Crippen molar-refractivity contribution in [3.8, 4) is 0 Å². The highest BCUT2D eigenvalue weighted by Crippen LogP contribution is 2.42. The summed E-state index contributed by atoms with van der Waals surface area (Å²) in [7, 11) is 6.73. The van der Waals surface area contributed by atoms with E-state index in [0.29, 0.717) is 44.3 Å². The maximum atomic E-state index is 14.6. The van der Waals surface area contributed by atoms with Crippen LogP contribution >= 0.6 is 0 Å². The zero-order valence-electron chi connectivity index (χ0n) is 47.2. The number of ether oxygens (including phenoxy) is 8. The first-order valence-electron chi connectivity index (χ1n) is 27.2. The van der Waals surface area contributed by atoms with Gasteiger partial charge in [0.15, 0.2) is 18.7 Å². The highest BCUT2D eigenvalue weighted by Gasteiger charge is 2.55. The lowest BCUT2D eigenvalue weighted by atomic mass is 9.74. The maximum absolute atomic E-state index is 14.6. The van der Waals surface area contributed by atoms with Crippen LogP contribution in [0.3, 0.4) is 0 Å². The van der Waals surface area contributed by atoms with Gasteiger partial charge in [-0.1, -0.05) is 33.8 Å². The molecule has 0 amide bonds. The minimum Gasteiger partial charge on any atom is -0.477 e. The smallest absolute Gasteiger partial charge is 0.341 e. The van der Waals surface area contributed by atoms with E-state index in [1.165, 1.54) is 34.3 Å². The van der Waals surface area contributed by atoms with Crippen molar-refractivity contribution < 1.29 is 77.5 Å². The second kappa shape index (κ2) is 25.0. The number of aromatic nitrogens is 1. The molecular weight excluding hydrogens is 987 g/mol. The molecule has 3 saturated heterocycles. The van der Waals surface area contributed by atoms with Crippen LogP contribution in [-0.2, 0) is 71.7 Å². The molecule has 1 aromatic carbocycles. The SMILES string of the molecule is CC[C@H]1OC(=O)[C@H](C)[C@@H](O[C@H]2C[C@@](C)(OC)[C@@H](OC(=O)CCNCCCc3cc4c5c(c3)c(=O)c(C(=O)O)cn5CC4)[C@H](C)O2)[C@H](C)[C@@H](O[C@@H]2O[C@H](C)C[C@H](N(C)C)[C@H]2O)[C@](C)(OC)C[C@@H](C)C(=O)[C@H](C)[C@H](O)[C@]1(C)O. The number of carboxylic acid groups (broad SMARTS) is 1. The maximum Gasteiger partial charge on any atom is 0.341 e. The number of aromatic carboxylic acids is 1. The summed E-state index contributed by atoms with van der Waals surface area (Å²) in [4.78, 5) is 69.0. The van der Waals surface area contributed by atoms with Crippen LogP contribution in [-0.4, -0.2) is 179 Å². The Morgan fingerprint density at radius 1 is 0.908 bits per heavy atom. The van der Waals surface area contributed by atoms with Gasteiger partial charge >= 0.3 is 17.9 Å². The van der Waals surface area contributed by atoms with Gasteiger partial charge in [0.05, 0.1) is 54.0 Å². The fourth-order valence-electron chi connectivity index (χ4n) is 12.3. The minimum atomic E-state index is -2.03. The summed E-state index contributed by atoms with van der Waals surface area (Å²) >= 11 is 0. The zero-order chi connectivity index (χ0) is 56.4. The lowest BCUT2D eigenvalue weighted by molar-refractivity contribution is -0.320. The number of aliphatic hydroxyl groups excluding tert-OH is 2. The summed E-state index contributed by atoms with van der Waals surface area (Å²) in [5.74, 6) is -6.56. The molecule has 5 N–H and O–H groups in total. The lowest BCUT2D eigenvalue weighted by Crippen LogP contribution is -2.61. The molecular formula is C56H87N3O17. The molecule has 0 saturated carbocycles. The number of aryl methyl sites for hydroxylation is 3. The predicted octanol–water partition coefficient (Wildman–Crippen LogP) is 4.17. The monoisotopic (exact) mass is 1070 g/mol. The van der Waals surface area contributed by atoms with Gasteiger partial charge in [-0.3, -0.25) is 19.2 Å². The van der Waals surface area contributed by atoms with E-state index in [2.05, 4.69) is 11.4 Å². The molecule has 20 heteroatoms. The largest absolute Gasteiger partial charge is 0.477 e. The number of hydrogen-bond acceptors (Lipinski definition) is 18. The number of carbonyl (C=O) groups is 4. The number of pyridine rings is 1. The third kappa shape index (κ3) is 13.0. The van der Waals surface area contributed by atoms with E-state index in [0.717, 1.165) is 23.1 Å². The number of ketones is 1. The van der Waals surface area contributed by atoms with Gasteiger partial charge < -0.3 is 73.1 Å². The van der Waals surface area contributed by atoms with Crippen molar-refractivity contribution in [2.45, 2.75) is 211 Å². The molecule has 0 unspecified atom stereocenters. The number of Topliss-reactive ketones (excluding diaryl/α,β-unsaturated/α-hetero) is 1. The van der Waals surface area contributed by atoms with Crippen molar-refractivity contribution in [1.82, 2.24) is 14.8 Å². The molecule has 428 valence electrons. The quantitative estimate of drug-likeness (QED) is 0.110. The third-order valence-electron chi connectivity index (χ3n) is 17.0. The van der Waals surface area contributed by atoms with Crippen molar-refractivity contribution in [3.05, 3.63) is 45.2 Å². The van der Waals surface area contributed by atoms with Gasteiger partial charge in [-0.15, -0.1) is 0 Å². The average molecular weight is 1070 g/mol. The standard InChI is InChI=1S/C56H87N3O17/c1-15-40-56(10,68)48(64)31(4)44(61)29(2)26-54(8,69-13)49(76-53-46(63)39(58(11)12)23-30(3)71-53)32(5)47(33(6)52(67)73-40)75-42-27-55(9,70-14)50(34(7)72-42)74-41(60)18-21-57-20-16-17-35-24-36-19-22-59-28-38(51(65)66)45(62)37(25-35)43(36)59/h24-25,28-34,39-40,42,46-50,53,57,63-64,68H,15-23,26-27H2,1-14H3,(H,65,66)/t29-,30-,31+,32+,33-,34+,39+,40-,42+,46-,47+,48+,49-,50+,53+,54-,55-,56-/m1/s1. The Kier molecular flexibility index (Phi) is 20.2. The molecule has 5 heterocycles. The first kappa shape index (κ1) is 61.3. The molecule has 4 aliphatic heterocycles. The van der Waals surface area contributed by atoms with Gasteiger partial charge in [0, 0.05) is 69.1 Å². The summed E-state index contributed by atoms with van der Waals surface area (Å²) in [6.45, 7) is 18.5. The Balaban J connectivity index is 1.19. The molecule has 1 aromatic heterocycles. The van der Waals surface area contributed by atoms with E-state index in [9.17, 15) is 44.4 Å². The van der Waals surface area contributed by atoms with Crippen molar-refractivity contribution in [3.63, 3.8) is 0 Å². The number of carbonyl (C=O) groups excluding carboxylic acids is 3. The zero-order valence-corrected chi connectivity index (χ0v) is 47.2. The molecule has 0 aliphatic carbocycles. The van der Waals surface area contributed by atoms with Crippen LogP contribution in [0.4, 0.5) is 0 Å². The number of cyclic esters (lactones) is 1. The first-order chi connectivity index (χ1) is 35.6. The number of hydrogen-bond donors (Lipinski definition) is 5. The summed E-state index contributed by atoms with van der Waals surface area (Å²) in [5.41, 5.74) is -2.48. The van der Waals surface area contributed by atoms with E-state index in [-0.39, 0.29) is 49.2 Å². The Bertz CT molecular complexity index is 2430. The molecule has 4 aliphatic rings. The van der Waals surface area contributed by atoms with Crippen molar-refractivity contribution in [2.75, 3.05) is 41.4 Å². The molecule has 2 aromatic rings. The van der Waals surface area contributed by atoms with Crippen LogP contribution in [0.5, 0.6) is 0 Å².